The zero-order chi connectivity index (χ0) is 34.5. The number of aromatic nitrogens is 1. The van der Waals surface area contributed by atoms with Crippen LogP contribution in [0, 0.1) is 0 Å². The Bertz CT molecular complexity index is 2210. The molecule has 1 aliphatic heterocycles. The zero-order valence-corrected chi connectivity index (χ0v) is 28.8. The molecule has 0 spiro atoms. The predicted octanol–water partition coefficient (Wildman–Crippen LogP) is 6.19. The second-order valence-electron chi connectivity index (χ2n) is 10.8. The number of benzene rings is 4. The second kappa shape index (κ2) is 14.8. The molecule has 0 radical (unpaired) electrons. The van der Waals surface area contributed by atoms with Gasteiger partial charge < -0.3 is 23.7 Å². The summed E-state index contributed by atoms with van der Waals surface area (Å²) in [6.07, 6.45) is 1.76. The Balaban J connectivity index is 1.57. The first-order valence-electron chi connectivity index (χ1n) is 15.4. The molecule has 6 rings (SSSR count). The number of halogens is 1. The van der Waals surface area contributed by atoms with Gasteiger partial charge in [-0.3, -0.25) is 9.36 Å². The van der Waals surface area contributed by atoms with Gasteiger partial charge in [0.05, 0.1) is 49.8 Å². The Kier molecular flexibility index (Phi) is 10.2. The number of hydrogen-bond donors (Lipinski definition) is 0. The van der Waals surface area contributed by atoms with Crippen molar-refractivity contribution in [1.29, 1.82) is 0 Å². The molecule has 9 nitrogen and oxygen atoms in total. The van der Waals surface area contributed by atoms with E-state index < -0.39 is 12.0 Å². The van der Waals surface area contributed by atoms with Crippen molar-refractivity contribution >= 4 is 40.7 Å². The van der Waals surface area contributed by atoms with Crippen molar-refractivity contribution < 1.29 is 28.5 Å². The molecular formula is C38H33ClN2O7S. The van der Waals surface area contributed by atoms with Crippen LogP contribution in [-0.2, 0) is 16.1 Å². The summed E-state index contributed by atoms with van der Waals surface area (Å²) in [7, 11) is 4.64. The van der Waals surface area contributed by atoms with Crippen LogP contribution >= 0.6 is 22.9 Å². The molecule has 0 saturated carbocycles. The highest BCUT2D eigenvalue weighted by molar-refractivity contribution is 7.07. The molecule has 1 aromatic heterocycles. The maximum atomic E-state index is 14.5. The quantitative estimate of drug-likeness (QED) is 0.152. The van der Waals surface area contributed by atoms with Gasteiger partial charge in [0, 0.05) is 16.1 Å². The van der Waals surface area contributed by atoms with E-state index in [9.17, 15) is 9.59 Å². The van der Waals surface area contributed by atoms with Crippen LogP contribution < -0.4 is 33.8 Å². The maximum absolute atomic E-state index is 14.5. The molecular weight excluding hydrogens is 664 g/mol. The minimum atomic E-state index is -0.890. The summed E-state index contributed by atoms with van der Waals surface area (Å²) in [5.74, 6) is 1.36. The third-order valence-electron chi connectivity index (χ3n) is 7.91. The fraction of sp³-hybridized carbons (Fsp3) is 0.184. The fourth-order valence-electron chi connectivity index (χ4n) is 5.62. The van der Waals surface area contributed by atoms with E-state index in [2.05, 4.69) is 0 Å². The highest BCUT2D eigenvalue weighted by Gasteiger charge is 2.35. The molecule has 5 aromatic rings. The number of nitrogens with zero attached hydrogens (tertiary/aromatic N) is 2. The van der Waals surface area contributed by atoms with E-state index in [0.717, 1.165) is 5.56 Å². The molecule has 0 fully saturated rings. The van der Waals surface area contributed by atoms with Gasteiger partial charge in [-0.05, 0) is 54.5 Å². The van der Waals surface area contributed by atoms with E-state index in [0.29, 0.717) is 59.7 Å². The van der Waals surface area contributed by atoms with Crippen molar-refractivity contribution in [2.24, 2.45) is 4.99 Å². The van der Waals surface area contributed by atoms with E-state index in [1.54, 1.807) is 63.6 Å². The van der Waals surface area contributed by atoms with Gasteiger partial charge in [0.1, 0.15) is 6.61 Å². The second-order valence-corrected chi connectivity index (χ2v) is 12.3. The maximum Gasteiger partial charge on any atom is 0.338 e. The number of carbonyl (C=O) groups is 1. The molecule has 0 aliphatic carbocycles. The smallest absolute Gasteiger partial charge is 0.338 e. The van der Waals surface area contributed by atoms with Crippen molar-refractivity contribution in [3.63, 3.8) is 0 Å². The lowest BCUT2D eigenvalue weighted by Gasteiger charge is -2.26. The number of carbonyl (C=O) groups excluding carboxylic acids is 1. The molecule has 0 N–H and O–H groups in total. The normalized spacial score (nSPS) is 14.1. The Hall–Kier alpha value is -5.32. The number of methoxy groups -OCH3 is 3. The molecule has 0 bridgehead atoms. The summed E-state index contributed by atoms with van der Waals surface area (Å²) >= 11 is 7.28. The van der Waals surface area contributed by atoms with Crippen LogP contribution in [0.15, 0.2) is 106 Å². The summed E-state index contributed by atoms with van der Waals surface area (Å²) in [6.45, 7) is 2.13. The third-order valence-corrected chi connectivity index (χ3v) is 9.14. The highest BCUT2D eigenvalue weighted by atomic mass is 35.5. The Morgan fingerprint density at radius 2 is 1.63 bits per heavy atom. The molecule has 1 atom stereocenters. The van der Waals surface area contributed by atoms with Crippen LogP contribution in [0.2, 0.25) is 5.02 Å². The fourth-order valence-corrected chi connectivity index (χ4v) is 6.74. The minimum absolute atomic E-state index is 0.141. The first-order valence-corrected chi connectivity index (χ1v) is 16.6. The van der Waals surface area contributed by atoms with Crippen LogP contribution in [0.5, 0.6) is 23.0 Å². The average molecular weight is 697 g/mol. The van der Waals surface area contributed by atoms with Crippen molar-refractivity contribution in [3.05, 3.63) is 144 Å². The van der Waals surface area contributed by atoms with E-state index in [1.165, 1.54) is 23.0 Å². The van der Waals surface area contributed by atoms with Crippen LogP contribution in [0.1, 0.15) is 35.2 Å². The van der Waals surface area contributed by atoms with Crippen LogP contribution in [0.4, 0.5) is 0 Å². The summed E-state index contributed by atoms with van der Waals surface area (Å²) in [5.41, 5.74) is 3.17. The molecule has 2 heterocycles. The topological polar surface area (TPSA) is 97.6 Å². The van der Waals surface area contributed by atoms with Crippen molar-refractivity contribution in [3.8, 4) is 23.0 Å². The molecule has 1 aliphatic rings. The van der Waals surface area contributed by atoms with Gasteiger partial charge >= 0.3 is 5.97 Å². The molecule has 49 heavy (non-hydrogen) atoms. The Labute approximate surface area is 291 Å². The summed E-state index contributed by atoms with van der Waals surface area (Å²) in [5, 5.41) is 0.630. The number of rotatable bonds is 11. The number of fused-ring (bicyclic) bond motifs is 1. The van der Waals surface area contributed by atoms with E-state index in [-0.39, 0.29) is 24.3 Å². The zero-order valence-electron chi connectivity index (χ0n) is 27.3. The highest BCUT2D eigenvalue weighted by Crippen LogP contribution is 2.39. The standard InChI is InChI=1S/C38H33ClN2O7S/c1-5-47-37(43)32-33(24-10-7-6-8-11-24)40-38-41(34(32)25-16-19-28(44-2)30(20-25)46-4)36(42)31(49-38)21-26-12-9-13-29(45-3)35(26)48-22-23-14-17-27(39)18-15-23/h6-21,34H,5,22H2,1-4H3/b31-21-/t34-/m1/s1. The summed E-state index contributed by atoms with van der Waals surface area (Å²) < 4.78 is 30.5. The van der Waals surface area contributed by atoms with Crippen LogP contribution in [0.25, 0.3) is 11.8 Å². The molecule has 0 unspecified atom stereocenters. The lowest BCUT2D eigenvalue weighted by Crippen LogP contribution is -2.40. The van der Waals surface area contributed by atoms with Gasteiger partial charge in [0.25, 0.3) is 5.56 Å². The predicted molar refractivity (Wildman–Crippen MR) is 189 cm³/mol. The minimum Gasteiger partial charge on any atom is -0.493 e. The van der Waals surface area contributed by atoms with E-state index >= 15 is 0 Å². The first-order chi connectivity index (χ1) is 23.9. The van der Waals surface area contributed by atoms with Crippen LogP contribution in [-0.4, -0.2) is 38.5 Å². The van der Waals surface area contributed by atoms with Crippen molar-refractivity contribution in [1.82, 2.24) is 4.57 Å². The molecule has 11 heteroatoms. The van der Waals surface area contributed by atoms with Gasteiger partial charge in [-0.15, -0.1) is 0 Å². The summed E-state index contributed by atoms with van der Waals surface area (Å²) in [6, 6.07) is 26.6. The molecule has 4 aromatic carbocycles. The number of esters is 1. The number of hydrogen-bond acceptors (Lipinski definition) is 9. The molecule has 250 valence electrons. The molecule has 0 amide bonds. The van der Waals surface area contributed by atoms with Crippen molar-refractivity contribution in [2.45, 2.75) is 19.6 Å². The number of ether oxygens (including phenoxy) is 5. The van der Waals surface area contributed by atoms with Crippen molar-refractivity contribution in [2.75, 3.05) is 27.9 Å². The van der Waals surface area contributed by atoms with E-state index in [4.69, 9.17) is 40.3 Å². The van der Waals surface area contributed by atoms with Gasteiger partial charge in [0.2, 0.25) is 0 Å². The molecule has 0 saturated heterocycles. The average Bonchev–Trinajstić information content (AvgIpc) is 3.44. The van der Waals surface area contributed by atoms with Crippen LogP contribution in [0.3, 0.4) is 0 Å². The third kappa shape index (κ3) is 6.83. The summed E-state index contributed by atoms with van der Waals surface area (Å²) in [4.78, 5) is 33.7. The Morgan fingerprint density at radius 3 is 2.33 bits per heavy atom. The van der Waals surface area contributed by atoms with Gasteiger partial charge in [0.15, 0.2) is 27.8 Å². The first kappa shape index (κ1) is 33.6. The lowest BCUT2D eigenvalue weighted by atomic mass is 9.93. The largest absolute Gasteiger partial charge is 0.493 e. The van der Waals surface area contributed by atoms with Gasteiger partial charge in [-0.2, -0.15) is 0 Å². The SMILES string of the molecule is CCOC(=O)C1=C(c2ccccc2)N=c2s/c(=C\c3cccc(OC)c3OCc3ccc(Cl)cc3)c(=O)n2[C@@H]1c1ccc(OC)c(OC)c1. The van der Waals surface area contributed by atoms with Gasteiger partial charge in [-0.25, -0.2) is 9.79 Å². The van der Waals surface area contributed by atoms with Gasteiger partial charge in [-0.1, -0.05) is 83.6 Å². The monoisotopic (exact) mass is 696 g/mol. The van der Waals surface area contributed by atoms with E-state index in [1.807, 2.05) is 54.6 Å². The Morgan fingerprint density at radius 1 is 0.898 bits per heavy atom. The lowest BCUT2D eigenvalue weighted by molar-refractivity contribution is -0.138. The number of thiazole rings is 1. The number of para-hydroxylation sites is 1.